The van der Waals surface area contributed by atoms with Gasteiger partial charge in [-0.25, -0.2) is 29.3 Å². The van der Waals surface area contributed by atoms with E-state index in [4.69, 9.17) is 10.1 Å². The number of aliphatic imine (C=N–C) groups is 1. The number of carboxylic acid groups (broad SMARTS) is 2. The summed E-state index contributed by atoms with van der Waals surface area (Å²) in [5.74, 6) is 0.337. The highest BCUT2D eigenvalue weighted by atomic mass is 16.6. The number of carbonyl (C=O) groups excluding carboxylic acids is 1. The maximum atomic E-state index is 11.9. The number of ether oxygens (including phenoxy) is 1. The van der Waals surface area contributed by atoms with E-state index in [0.29, 0.717) is 17.6 Å². The Bertz CT molecular complexity index is 1140. The molecule has 0 spiro atoms. The van der Waals surface area contributed by atoms with Gasteiger partial charge in [0.25, 0.3) is 0 Å². The summed E-state index contributed by atoms with van der Waals surface area (Å²) >= 11 is 0. The molecule has 39 heavy (non-hydrogen) atoms. The molecule has 1 saturated heterocycles. The van der Waals surface area contributed by atoms with Gasteiger partial charge in [-0.3, -0.25) is 0 Å². The second kappa shape index (κ2) is 13.6. The molecule has 0 saturated carbocycles. The van der Waals surface area contributed by atoms with Crippen LogP contribution in [0.15, 0.2) is 29.0 Å². The average molecular weight is 544 g/mol. The highest BCUT2D eigenvalue weighted by molar-refractivity contribution is 5.82. The van der Waals surface area contributed by atoms with Gasteiger partial charge in [-0.2, -0.15) is 0 Å². The van der Waals surface area contributed by atoms with Crippen LogP contribution in [0.4, 0.5) is 16.4 Å². The van der Waals surface area contributed by atoms with Crippen LogP contribution in [0.25, 0.3) is 0 Å². The third-order valence-electron chi connectivity index (χ3n) is 6.65. The Labute approximate surface area is 227 Å². The molecule has 1 aromatic rings. The highest BCUT2D eigenvalue weighted by Crippen LogP contribution is 2.28. The topological polar surface area (TPSA) is 178 Å². The van der Waals surface area contributed by atoms with Crippen LogP contribution >= 0.6 is 0 Å². The molecule has 0 aliphatic carbocycles. The molecular formula is C26H37N7O6. The first-order valence-corrected chi connectivity index (χ1v) is 13.0. The summed E-state index contributed by atoms with van der Waals surface area (Å²) in [6.45, 7) is 11.0. The molecule has 1 fully saturated rings. The van der Waals surface area contributed by atoms with Crippen LogP contribution < -0.4 is 20.9 Å². The van der Waals surface area contributed by atoms with Crippen LogP contribution in [0.1, 0.15) is 44.0 Å². The molecule has 2 aliphatic heterocycles. The summed E-state index contributed by atoms with van der Waals surface area (Å²) in [6.07, 6.45) is 5.23. The molecule has 2 aliphatic rings. The minimum absolute atomic E-state index is 0.197. The number of hydrogen-bond acceptors (Lipinski definition) is 10. The number of hydrogen-bond donors (Lipinski definition) is 5. The first-order chi connectivity index (χ1) is 18.6. The van der Waals surface area contributed by atoms with Crippen molar-refractivity contribution < 1.29 is 29.3 Å². The van der Waals surface area contributed by atoms with Crippen molar-refractivity contribution in [3.05, 3.63) is 35.4 Å². The fourth-order valence-corrected chi connectivity index (χ4v) is 4.36. The fourth-order valence-electron chi connectivity index (χ4n) is 4.36. The van der Waals surface area contributed by atoms with Crippen LogP contribution in [-0.4, -0.2) is 82.8 Å². The first-order valence-electron chi connectivity index (χ1n) is 13.0. The number of allylic oxidation sites excluding steroid dienone is 2. The lowest BCUT2D eigenvalue weighted by Crippen LogP contribution is -2.46. The van der Waals surface area contributed by atoms with Gasteiger partial charge in [0.1, 0.15) is 29.3 Å². The van der Waals surface area contributed by atoms with Crippen molar-refractivity contribution in [2.45, 2.75) is 58.6 Å². The zero-order valence-corrected chi connectivity index (χ0v) is 22.6. The van der Waals surface area contributed by atoms with Crippen LogP contribution in [0.3, 0.4) is 0 Å². The molecule has 0 bridgehead atoms. The predicted molar refractivity (Wildman–Crippen MR) is 146 cm³/mol. The molecule has 3 heterocycles. The van der Waals surface area contributed by atoms with E-state index in [1.165, 1.54) is 6.92 Å². The third-order valence-corrected chi connectivity index (χ3v) is 6.65. The van der Waals surface area contributed by atoms with E-state index in [9.17, 15) is 19.5 Å². The summed E-state index contributed by atoms with van der Waals surface area (Å²) in [5, 5.41) is 26.9. The normalized spacial score (nSPS) is 17.8. The van der Waals surface area contributed by atoms with Crippen molar-refractivity contribution >= 4 is 35.9 Å². The summed E-state index contributed by atoms with van der Waals surface area (Å²) in [4.78, 5) is 50.4. The second-order valence-electron chi connectivity index (χ2n) is 9.58. The number of nitrogens with zero attached hydrogens (tertiary/aromatic N) is 4. The van der Waals surface area contributed by atoms with E-state index >= 15 is 0 Å². The number of aryl methyl sites for hydroxylation is 1. The molecule has 0 unspecified atom stereocenters. The monoisotopic (exact) mass is 543 g/mol. The van der Waals surface area contributed by atoms with Crippen molar-refractivity contribution in [3.8, 4) is 0 Å². The quantitative estimate of drug-likeness (QED) is 0.258. The zero-order valence-electron chi connectivity index (χ0n) is 22.6. The molecule has 0 aromatic carbocycles. The largest absolute Gasteiger partial charge is 0.480 e. The zero-order chi connectivity index (χ0) is 28.5. The van der Waals surface area contributed by atoms with Gasteiger partial charge in [-0.1, -0.05) is 12.7 Å². The number of carboxylic acids is 2. The molecule has 5 N–H and O–H groups in total. The maximum absolute atomic E-state index is 11.9. The van der Waals surface area contributed by atoms with Crippen LogP contribution in [0, 0.1) is 19.8 Å². The lowest BCUT2D eigenvalue weighted by atomic mass is 9.97. The predicted octanol–water partition coefficient (Wildman–Crippen LogP) is 2.23. The van der Waals surface area contributed by atoms with Gasteiger partial charge in [-0.05, 0) is 57.9 Å². The van der Waals surface area contributed by atoms with Gasteiger partial charge in [0.2, 0.25) is 0 Å². The van der Waals surface area contributed by atoms with Crippen molar-refractivity contribution in [2.75, 3.05) is 36.4 Å². The number of aromatic nitrogens is 2. The van der Waals surface area contributed by atoms with Crippen LogP contribution in [0.2, 0.25) is 0 Å². The summed E-state index contributed by atoms with van der Waals surface area (Å²) < 4.78 is 4.66. The van der Waals surface area contributed by atoms with Crippen molar-refractivity contribution in [1.82, 2.24) is 20.6 Å². The molecule has 212 valence electrons. The Kier molecular flexibility index (Phi) is 10.2. The third kappa shape index (κ3) is 8.16. The number of rotatable bonds is 11. The number of alkyl carbamates (subject to hydrolysis) is 1. The Morgan fingerprint density at radius 1 is 1.23 bits per heavy atom. The number of anilines is 2. The Hall–Kier alpha value is -4.16. The van der Waals surface area contributed by atoms with Gasteiger partial charge >= 0.3 is 18.0 Å². The van der Waals surface area contributed by atoms with E-state index in [2.05, 4.69) is 42.1 Å². The smallest absolute Gasteiger partial charge is 0.408 e. The summed E-state index contributed by atoms with van der Waals surface area (Å²) in [5.41, 5.74) is 1.90. The van der Waals surface area contributed by atoms with Gasteiger partial charge in [-0.15, -0.1) is 0 Å². The van der Waals surface area contributed by atoms with Gasteiger partial charge < -0.3 is 35.8 Å². The molecule has 13 heteroatoms. The fraction of sp³-hybridized carbons (Fsp3) is 0.538. The minimum atomic E-state index is -1.41. The number of carbonyl (C=O) groups is 3. The van der Waals surface area contributed by atoms with E-state index in [1.807, 2.05) is 19.2 Å². The van der Waals surface area contributed by atoms with Gasteiger partial charge in [0.15, 0.2) is 6.10 Å². The van der Waals surface area contributed by atoms with Crippen molar-refractivity contribution in [1.29, 1.82) is 0 Å². The molecule has 1 amide bonds. The SMILES string of the molecule is C=CC1=C(/N=C/C2CCN(c3nc(C)nc(NC[C@H](NC(=O)O[C@@H](C)C(=O)O)C(=O)O)c3C)CC2)NCCC1. The van der Waals surface area contributed by atoms with Crippen molar-refractivity contribution in [2.24, 2.45) is 10.9 Å². The van der Waals surface area contributed by atoms with E-state index in [1.54, 1.807) is 6.92 Å². The Morgan fingerprint density at radius 2 is 1.95 bits per heavy atom. The van der Waals surface area contributed by atoms with E-state index in [-0.39, 0.29) is 6.54 Å². The average Bonchev–Trinajstić information content (AvgIpc) is 2.91. The Balaban J connectivity index is 1.62. The number of piperidine rings is 1. The van der Waals surface area contributed by atoms with Crippen molar-refractivity contribution in [3.63, 3.8) is 0 Å². The first kappa shape index (κ1) is 29.4. The minimum Gasteiger partial charge on any atom is -0.480 e. The van der Waals surface area contributed by atoms with Crippen LogP contribution in [-0.2, 0) is 14.3 Å². The number of amides is 1. The molecule has 3 rings (SSSR count). The Morgan fingerprint density at radius 3 is 2.59 bits per heavy atom. The standard InChI is InChI=1S/C26H37N7O6/c1-5-19-7-6-10-27-22(19)28-13-18-8-11-33(12-9-18)23-15(2)21(30-17(4)31-23)29-14-20(25(36)37)32-26(38)39-16(3)24(34)35/h5,13,16,18,20,27H,1,6-12,14H2,2-4H3,(H,32,38)(H,34,35)(H,36,37)(H,29,30,31)/b28-13+/t16-,20-/m0/s1. The summed E-state index contributed by atoms with van der Waals surface area (Å²) in [6, 6.07) is -1.37. The molecule has 0 radical (unpaired) electrons. The maximum Gasteiger partial charge on any atom is 0.408 e. The number of nitrogens with one attached hydrogen (secondary N) is 3. The summed E-state index contributed by atoms with van der Waals surface area (Å²) in [7, 11) is 0. The molecule has 1 aromatic heterocycles. The second-order valence-corrected chi connectivity index (χ2v) is 9.58. The lowest BCUT2D eigenvalue weighted by molar-refractivity contribution is -0.145. The van der Waals surface area contributed by atoms with E-state index in [0.717, 1.165) is 68.1 Å². The van der Waals surface area contributed by atoms with Crippen LogP contribution in [0.5, 0.6) is 0 Å². The van der Waals surface area contributed by atoms with Gasteiger partial charge in [0.05, 0.1) is 0 Å². The van der Waals surface area contributed by atoms with Gasteiger partial charge in [0, 0.05) is 38.0 Å². The number of aliphatic carboxylic acids is 2. The lowest BCUT2D eigenvalue weighted by Gasteiger charge is -2.33. The molecular weight excluding hydrogens is 506 g/mol. The highest BCUT2D eigenvalue weighted by Gasteiger charge is 2.26. The molecule has 13 nitrogen and oxygen atoms in total. The molecule has 2 atom stereocenters. The van der Waals surface area contributed by atoms with E-state index < -0.39 is 30.2 Å².